The lowest BCUT2D eigenvalue weighted by Crippen LogP contribution is -2.38. The molecule has 0 spiro atoms. The SMILES string of the molecule is CC1CC(C)CN(Cc2ccccc2CNc2ncnc3cnn(C)c23)C1. The van der Waals surface area contributed by atoms with Crippen molar-refractivity contribution in [3.05, 3.63) is 47.9 Å². The first-order valence-electron chi connectivity index (χ1n) is 9.76. The van der Waals surface area contributed by atoms with Crippen LogP contribution in [0.5, 0.6) is 0 Å². The van der Waals surface area contributed by atoms with Crippen molar-refractivity contribution in [2.75, 3.05) is 18.4 Å². The van der Waals surface area contributed by atoms with Gasteiger partial charge in [-0.25, -0.2) is 9.97 Å². The van der Waals surface area contributed by atoms with Gasteiger partial charge in [-0.05, 0) is 29.4 Å². The molecule has 0 saturated carbocycles. The van der Waals surface area contributed by atoms with E-state index in [1.807, 2.05) is 11.7 Å². The molecule has 6 heteroatoms. The Morgan fingerprint density at radius 2 is 1.81 bits per heavy atom. The Hall–Kier alpha value is -2.47. The number of fused-ring (bicyclic) bond motifs is 1. The second kappa shape index (κ2) is 7.64. The van der Waals surface area contributed by atoms with E-state index in [2.05, 4.69) is 63.4 Å². The lowest BCUT2D eigenvalue weighted by atomic mass is 9.91. The van der Waals surface area contributed by atoms with Crippen LogP contribution < -0.4 is 5.32 Å². The topological polar surface area (TPSA) is 58.9 Å². The molecule has 1 aliphatic heterocycles. The summed E-state index contributed by atoms with van der Waals surface area (Å²) in [4.78, 5) is 11.3. The standard InChI is InChI=1S/C21H28N6/c1-15-8-16(2)12-27(11-15)13-18-7-5-4-6-17(18)9-22-21-20-19(23-14-24-21)10-25-26(20)3/h4-7,10,14-16H,8-9,11-13H2,1-3H3,(H,22,23,24). The molecule has 0 aliphatic carbocycles. The summed E-state index contributed by atoms with van der Waals surface area (Å²) in [7, 11) is 1.92. The maximum absolute atomic E-state index is 4.43. The Bertz CT molecular complexity index is 908. The Morgan fingerprint density at radius 1 is 1.07 bits per heavy atom. The zero-order valence-electron chi connectivity index (χ0n) is 16.4. The van der Waals surface area contributed by atoms with Gasteiger partial charge in [-0.3, -0.25) is 9.58 Å². The molecule has 1 N–H and O–H groups in total. The molecule has 1 aromatic carbocycles. The molecule has 2 unspecified atom stereocenters. The molecule has 1 fully saturated rings. The summed E-state index contributed by atoms with van der Waals surface area (Å²) in [6.07, 6.45) is 4.71. The van der Waals surface area contributed by atoms with E-state index in [9.17, 15) is 0 Å². The minimum atomic E-state index is 0.742. The number of piperidine rings is 1. The highest BCUT2D eigenvalue weighted by Crippen LogP contribution is 2.24. The number of nitrogens with zero attached hydrogens (tertiary/aromatic N) is 5. The van der Waals surface area contributed by atoms with Gasteiger partial charge in [0.1, 0.15) is 17.4 Å². The monoisotopic (exact) mass is 364 g/mol. The van der Waals surface area contributed by atoms with Gasteiger partial charge in [0.25, 0.3) is 0 Å². The molecule has 27 heavy (non-hydrogen) atoms. The molecule has 0 radical (unpaired) electrons. The van der Waals surface area contributed by atoms with E-state index in [1.165, 1.54) is 30.6 Å². The minimum absolute atomic E-state index is 0.742. The molecule has 0 amide bonds. The van der Waals surface area contributed by atoms with Crippen molar-refractivity contribution in [3.8, 4) is 0 Å². The van der Waals surface area contributed by atoms with Gasteiger partial charge < -0.3 is 5.32 Å². The lowest BCUT2D eigenvalue weighted by molar-refractivity contribution is 0.134. The molecule has 1 aliphatic rings. The average Bonchev–Trinajstić information content (AvgIpc) is 3.02. The van der Waals surface area contributed by atoms with Crippen LogP contribution in [-0.2, 0) is 20.1 Å². The Labute approximate surface area is 160 Å². The van der Waals surface area contributed by atoms with Crippen LogP contribution in [0.2, 0.25) is 0 Å². The molecule has 6 nitrogen and oxygen atoms in total. The van der Waals surface area contributed by atoms with Gasteiger partial charge in [-0.2, -0.15) is 5.10 Å². The largest absolute Gasteiger partial charge is 0.364 e. The first kappa shape index (κ1) is 17.9. The van der Waals surface area contributed by atoms with Crippen molar-refractivity contribution in [3.63, 3.8) is 0 Å². The van der Waals surface area contributed by atoms with Crippen molar-refractivity contribution in [2.45, 2.75) is 33.4 Å². The Balaban J connectivity index is 1.50. The normalized spacial score (nSPS) is 20.9. The van der Waals surface area contributed by atoms with Crippen LogP contribution in [0, 0.1) is 11.8 Å². The van der Waals surface area contributed by atoms with E-state index in [0.29, 0.717) is 0 Å². The van der Waals surface area contributed by atoms with Gasteiger partial charge in [0.15, 0.2) is 5.82 Å². The zero-order chi connectivity index (χ0) is 18.8. The Morgan fingerprint density at radius 3 is 2.59 bits per heavy atom. The third kappa shape index (κ3) is 3.95. The molecule has 142 valence electrons. The number of rotatable bonds is 5. The quantitative estimate of drug-likeness (QED) is 0.751. The Kier molecular flexibility index (Phi) is 5.07. The predicted octanol–water partition coefficient (Wildman–Crippen LogP) is 3.45. The van der Waals surface area contributed by atoms with E-state index >= 15 is 0 Å². The van der Waals surface area contributed by atoms with E-state index < -0.39 is 0 Å². The number of hydrogen-bond donors (Lipinski definition) is 1. The van der Waals surface area contributed by atoms with Gasteiger partial charge in [0.2, 0.25) is 0 Å². The molecule has 4 rings (SSSR count). The second-order valence-corrected chi connectivity index (χ2v) is 7.99. The number of anilines is 1. The number of aromatic nitrogens is 4. The fraction of sp³-hybridized carbons (Fsp3) is 0.476. The number of benzene rings is 1. The average molecular weight is 364 g/mol. The van der Waals surface area contributed by atoms with Crippen molar-refractivity contribution in [1.82, 2.24) is 24.6 Å². The molecule has 3 heterocycles. The summed E-state index contributed by atoms with van der Waals surface area (Å²) in [6.45, 7) is 8.86. The van der Waals surface area contributed by atoms with Crippen LogP contribution in [0.1, 0.15) is 31.4 Å². The summed E-state index contributed by atoms with van der Waals surface area (Å²) in [6, 6.07) is 8.71. The molecule has 2 atom stereocenters. The van der Waals surface area contributed by atoms with Gasteiger partial charge in [-0.15, -0.1) is 0 Å². The zero-order valence-corrected chi connectivity index (χ0v) is 16.4. The number of likely N-dealkylation sites (tertiary alicyclic amines) is 1. The minimum Gasteiger partial charge on any atom is -0.364 e. The number of nitrogens with one attached hydrogen (secondary N) is 1. The third-order valence-corrected chi connectivity index (χ3v) is 5.43. The van der Waals surface area contributed by atoms with Crippen LogP contribution in [0.15, 0.2) is 36.8 Å². The highest BCUT2D eigenvalue weighted by molar-refractivity contribution is 5.84. The van der Waals surface area contributed by atoms with Crippen LogP contribution in [0.3, 0.4) is 0 Å². The molecule has 2 aromatic heterocycles. The lowest BCUT2D eigenvalue weighted by Gasteiger charge is -2.35. The van der Waals surface area contributed by atoms with Crippen LogP contribution in [0.4, 0.5) is 5.82 Å². The van der Waals surface area contributed by atoms with Gasteiger partial charge in [0.05, 0.1) is 6.20 Å². The summed E-state index contributed by atoms with van der Waals surface area (Å²) < 4.78 is 1.82. The first-order valence-corrected chi connectivity index (χ1v) is 9.76. The molecular weight excluding hydrogens is 336 g/mol. The summed E-state index contributed by atoms with van der Waals surface area (Å²) in [5, 5.41) is 7.78. The molecular formula is C21H28N6. The van der Waals surface area contributed by atoms with Crippen LogP contribution in [0.25, 0.3) is 11.0 Å². The number of hydrogen-bond acceptors (Lipinski definition) is 5. The molecule has 1 saturated heterocycles. The van der Waals surface area contributed by atoms with Crippen molar-refractivity contribution in [1.29, 1.82) is 0 Å². The van der Waals surface area contributed by atoms with E-state index in [-0.39, 0.29) is 0 Å². The fourth-order valence-corrected chi connectivity index (χ4v) is 4.36. The smallest absolute Gasteiger partial charge is 0.155 e. The highest BCUT2D eigenvalue weighted by atomic mass is 15.3. The van der Waals surface area contributed by atoms with Crippen molar-refractivity contribution < 1.29 is 0 Å². The maximum Gasteiger partial charge on any atom is 0.155 e. The fourth-order valence-electron chi connectivity index (χ4n) is 4.36. The van der Waals surface area contributed by atoms with Gasteiger partial charge in [-0.1, -0.05) is 38.1 Å². The summed E-state index contributed by atoms with van der Waals surface area (Å²) >= 11 is 0. The van der Waals surface area contributed by atoms with Crippen molar-refractivity contribution in [2.24, 2.45) is 18.9 Å². The van der Waals surface area contributed by atoms with Crippen LogP contribution >= 0.6 is 0 Å². The first-order chi connectivity index (χ1) is 13.1. The second-order valence-electron chi connectivity index (χ2n) is 7.99. The van der Waals surface area contributed by atoms with E-state index in [1.54, 1.807) is 12.5 Å². The van der Waals surface area contributed by atoms with Crippen LogP contribution in [-0.4, -0.2) is 37.7 Å². The summed E-state index contributed by atoms with van der Waals surface area (Å²) in [5.41, 5.74) is 4.51. The predicted molar refractivity (Wildman–Crippen MR) is 108 cm³/mol. The van der Waals surface area contributed by atoms with Gasteiger partial charge in [0, 0.05) is 33.2 Å². The summed E-state index contributed by atoms with van der Waals surface area (Å²) in [5.74, 6) is 2.38. The van der Waals surface area contributed by atoms with E-state index in [4.69, 9.17) is 0 Å². The molecule has 3 aromatic rings. The highest BCUT2D eigenvalue weighted by Gasteiger charge is 2.22. The maximum atomic E-state index is 4.43. The molecule has 0 bridgehead atoms. The van der Waals surface area contributed by atoms with E-state index in [0.717, 1.165) is 41.8 Å². The third-order valence-electron chi connectivity index (χ3n) is 5.43. The number of aryl methyl sites for hydroxylation is 1. The van der Waals surface area contributed by atoms with Gasteiger partial charge >= 0.3 is 0 Å². The van der Waals surface area contributed by atoms with Crippen molar-refractivity contribution >= 4 is 16.9 Å².